The molecule has 1 rings (SSSR count). The molecule has 1 heterocycles. The largest absolute Gasteiger partial charge is 0.481 e. The van der Waals surface area contributed by atoms with E-state index in [9.17, 15) is 4.79 Å². The number of anilines is 1. The van der Waals surface area contributed by atoms with Crippen LogP contribution in [0.25, 0.3) is 0 Å². The molecule has 0 saturated heterocycles. The lowest BCUT2D eigenvalue weighted by Crippen LogP contribution is -2.11. The highest BCUT2D eigenvalue weighted by molar-refractivity contribution is 5.73. The van der Waals surface area contributed by atoms with Crippen molar-refractivity contribution in [3.63, 3.8) is 0 Å². The quantitative estimate of drug-likeness (QED) is 0.680. The third-order valence-electron chi connectivity index (χ3n) is 2.09. The van der Waals surface area contributed by atoms with Crippen molar-refractivity contribution in [2.75, 3.05) is 19.0 Å². The Morgan fingerprint density at radius 2 is 2.31 bits per heavy atom. The summed E-state index contributed by atoms with van der Waals surface area (Å²) in [7, 11) is 1.58. The molecule has 1 amide bonds. The van der Waals surface area contributed by atoms with Crippen LogP contribution in [0.3, 0.4) is 0 Å². The Labute approximate surface area is 95.0 Å². The van der Waals surface area contributed by atoms with Crippen LogP contribution in [-0.4, -0.2) is 24.5 Å². The average Bonchev–Trinajstić information content (AvgIpc) is 2.28. The number of nitrogens with one attached hydrogen (secondary N) is 1. The minimum Gasteiger partial charge on any atom is -0.481 e. The number of rotatable bonds is 7. The lowest BCUT2D eigenvalue weighted by atomic mass is 10.2. The molecule has 0 unspecified atom stereocenters. The van der Waals surface area contributed by atoms with Crippen molar-refractivity contribution in [3.05, 3.63) is 18.2 Å². The van der Waals surface area contributed by atoms with Gasteiger partial charge in [0.1, 0.15) is 5.82 Å². The number of carbonyl (C=O) groups is 1. The Morgan fingerprint density at radius 1 is 1.50 bits per heavy atom. The third kappa shape index (κ3) is 4.63. The van der Waals surface area contributed by atoms with E-state index in [-0.39, 0.29) is 5.91 Å². The molecule has 1 aromatic heterocycles. The smallest absolute Gasteiger partial charge is 0.217 e. The first-order valence-electron chi connectivity index (χ1n) is 5.25. The molecule has 0 saturated carbocycles. The van der Waals surface area contributed by atoms with E-state index >= 15 is 0 Å². The first-order valence-corrected chi connectivity index (χ1v) is 5.25. The summed E-state index contributed by atoms with van der Waals surface area (Å²) in [5.74, 6) is 1.11. The molecule has 0 fully saturated rings. The van der Waals surface area contributed by atoms with Gasteiger partial charge in [-0.15, -0.1) is 0 Å². The second-order valence-electron chi connectivity index (χ2n) is 3.42. The molecule has 5 nitrogen and oxygen atoms in total. The zero-order valence-electron chi connectivity index (χ0n) is 9.40. The maximum absolute atomic E-state index is 10.5. The number of hydrogen-bond donors (Lipinski definition) is 2. The first kappa shape index (κ1) is 12.3. The maximum Gasteiger partial charge on any atom is 0.217 e. The Morgan fingerprint density at radius 3 is 3.00 bits per heavy atom. The van der Waals surface area contributed by atoms with E-state index in [1.165, 1.54) is 0 Å². The fraction of sp³-hybridized carbons (Fsp3) is 0.455. The van der Waals surface area contributed by atoms with Crippen LogP contribution in [0.2, 0.25) is 0 Å². The van der Waals surface area contributed by atoms with E-state index in [2.05, 4.69) is 10.3 Å². The Bertz CT molecular complexity index is 342. The molecule has 3 N–H and O–H groups in total. The Kier molecular flexibility index (Phi) is 5.11. The van der Waals surface area contributed by atoms with Gasteiger partial charge in [0.05, 0.1) is 7.11 Å². The Hall–Kier alpha value is -1.78. The standard InChI is InChI=1S/C11H17N3O2/c1-16-11-7-4-6-10(14-11)13-8-3-2-5-9(12)15/h4,6-7H,2-3,5,8H2,1H3,(H2,12,15)(H,13,14). The van der Waals surface area contributed by atoms with Crippen molar-refractivity contribution in [2.24, 2.45) is 5.73 Å². The number of unbranched alkanes of at least 4 members (excludes halogenated alkanes) is 1. The van der Waals surface area contributed by atoms with Crippen LogP contribution in [0.1, 0.15) is 19.3 Å². The number of nitrogens with two attached hydrogens (primary N) is 1. The zero-order valence-corrected chi connectivity index (χ0v) is 9.40. The first-order chi connectivity index (χ1) is 7.72. The van der Waals surface area contributed by atoms with E-state index in [4.69, 9.17) is 10.5 Å². The molecule has 16 heavy (non-hydrogen) atoms. The number of amides is 1. The normalized spacial score (nSPS) is 9.81. The van der Waals surface area contributed by atoms with E-state index < -0.39 is 0 Å². The van der Waals surface area contributed by atoms with Crippen LogP contribution >= 0.6 is 0 Å². The van der Waals surface area contributed by atoms with Gasteiger partial charge >= 0.3 is 0 Å². The summed E-state index contributed by atoms with van der Waals surface area (Å²) in [5.41, 5.74) is 5.04. The van der Waals surface area contributed by atoms with Gasteiger partial charge in [-0.3, -0.25) is 4.79 Å². The monoisotopic (exact) mass is 223 g/mol. The molecule has 88 valence electrons. The second kappa shape index (κ2) is 6.66. The van der Waals surface area contributed by atoms with Gasteiger partial charge in [-0.25, -0.2) is 0 Å². The fourth-order valence-corrected chi connectivity index (χ4v) is 1.27. The van der Waals surface area contributed by atoms with E-state index in [0.717, 1.165) is 25.2 Å². The SMILES string of the molecule is COc1cccc(NCCCCC(N)=O)n1. The van der Waals surface area contributed by atoms with Crippen LogP contribution in [-0.2, 0) is 4.79 Å². The van der Waals surface area contributed by atoms with Gasteiger partial charge in [0.2, 0.25) is 11.8 Å². The summed E-state index contributed by atoms with van der Waals surface area (Å²) in [6.07, 6.45) is 2.13. The van der Waals surface area contributed by atoms with Gasteiger partial charge in [-0.2, -0.15) is 4.98 Å². The number of pyridine rings is 1. The zero-order chi connectivity index (χ0) is 11.8. The fourth-order valence-electron chi connectivity index (χ4n) is 1.27. The van der Waals surface area contributed by atoms with Crippen LogP contribution in [0.5, 0.6) is 5.88 Å². The van der Waals surface area contributed by atoms with Gasteiger partial charge in [0, 0.05) is 19.0 Å². The van der Waals surface area contributed by atoms with E-state index in [0.29, 0.717) is 12.3 Å². The number of carbonyl (C=O) groups excluding carboxylic acids is 1. The number of methoxy groups -OCH3 is 1. The summed E-state index contributed by atoms with van der Waals surface area (Å²) < 4.78 is 5.00. The van der Waals surface area contributed by atoms with E-state index in [1.54, 1.807) is 13.2 Å². The van der Waals surface area contributed by atoms with Crippen molar-refractivity contribution < 1.29 is 9.53 Å². The van der Waals surface area contributed by atoms with Crippen LogP contribution in [0, 0.1) is 0 Å². The van der Waals surface area contributed by atoms with Crippen LogP contribution < -0.4 is 15.8 Å². The van der Waals surface area contributed by atoms with Crippen molar-refractivity contribution >= 4 is 11.7 Å². The van der Waals surface area contributed by atoms with Gasteiger partial charge in [-0.05, 0) is 18.9 Å². The summed E-state index contributed by atoms with van der Waals surface area (Å²) in [6.45, 7) is 0.771. The highest BCUT2D eigenvalue weighted by Gasteiger charge is 1.97. The molecule has 1 aromatic rings. The lowest BCUT2D eigenvalue weighted by molar-refractivity contribution is -0.118. The number of nitrogens with zero attached hydrogens (tertiary/aromatic N) is 1. The molecule has 0 aromatic carbocycles. The predicted molar refractivity (Wildman–Crippen MR) is 62.3 cm³/mol. The van der Waals surface area contributed by atoms with Crippen LogP contribution in [0.15, 0.2) is 18.2 Å². The highest BCUT2D eigenvalue weighted by atomic mass is 16.5. The molecule has 0 spiro atoms. The minimum atomic E-state index is -0.250. The summed E-state index contributed by atoms with van der Waals surface area (Å²) in [5, 5.41) is 3.15. The molecular formula is C11H17N3O2. The third-order valence-corrected chi connectivity index (χ3v) is 2.09. The predicted octanol–water partition coefficient (Wildman–Crippen LogP) is 1.16. The van der Waals surface area contributed by atoms with Crippen molar-refractivity contribution in [3.8, 4) is 5.88 Å². The summed E-state index contributed by atoms with van der Waals surface area (Å²) >= 11 is 0. The molecule has 0 bridgehead atoms. The molecule has 0 radical (unpaired) electrons. The maximum atomic E-state index is 10.5. The van der Waals surface area contributed by atoms with Gasteiger partial charge in [0.15, 0.2) is 0 Å². The van der Waals surface area contributed by atoms with E-state index in [1.807, 2.05) is 12.1 Å². The molecule has 0 aliphatic rings. The number of hydrogen-bond acceptors (Lipinski definition) is 4. The second-order valence-corrected chi connectivity index (χ2v) is 3.42. The number of aromatic nitrogens is 1. The lowest BCUT2D eigenvalue weighted by Gasteiger charge is -2.06. The molecule has 0 atom stereocenters. The van der Waals surface area contributed by atoms with Crippen molar-refractivity contribution in [2.45, 2.75) is 19.3 Å². The van der Waals surface area contributed by atoms with Gasteiger partial charge < -0.3 is 15.8 Å². The molecule has 0 aliphatic carbocycles. The topological polar surface area (TPSA) is 77.2 Å². The van der Waals surface area contributed by atoms with Crippen LogP contribution in [0.4, 0.5) is 5.82 Å². The number of ether oxygens (including phenoxy) is 1. The van der Waals surface area contributed by atoms with Gasteiger partial charge in [0.25, 0.3) is 0 Å². The Balaban J connectivity index is 2.23. The number of primary amides is 1. The molecule has 0 aliphatic heterocycles. The van der Waals surface area contributed by atoms with Crippen molar-refractivity contribution in [1.82, 2.24) is 4.98 Å². The van der Waals surface area contributed by atoms with Crippen molar-refractivity contribution in [1.29, 1.82) is 0 Å². The summed E-state index contributed by atoms with van der Waals surface area (Å²) in [6, 6.07) is 5.53. The minimum absolute atomic E-state index is 0.250. The molecule has 5 heteroatoms. The summed E-state index contributed by atoms with van der Waals surface area (Å²) in [4.78, 5) is 14.7. The highest BCUT2D eigenvalue weighted by Crippen LogP contribution is 2.10. The molecular weight excluding hydrogens is 206 g/mol. The average molecular weight is 223 g/mol. The van der Waals surface area contributed by atoms with Gasteiger partial charge in [-0.1, -0.05) is 6.07 Å².